The summed E-state index contributed by atoms with van der Waals surface area (Å²) in [6.07, 6.45) is 5.59. The van der Waals surface area contributed by atoms with Gasteiger partial charge in [0.15, 0.2) is 0 Å². The van der Waals surface area contributed by atoms with Crippen molar-refractivity contribution in [2.45, 2.75) is 38.1 Å². The Hall–Kier alpha value is -1.35. The van der Waals surface area contributed by atoms with Crippen molar-refractivity contribution in [2.75, 3.05) is 13.1 Å². The zero-order chi connectivity index (χ0) is 13.2. The smallest absolute Gasteiger partial charge is 0.220 e. The van der Waals surface area contributed by atoms with Crippen LogP contribution in [-0.2, 0) is 11.2 Å². The summed E-state index contributed by atoms with van der Waals surface area (Å²) in [5.74, 6) is -0.0289. The number of nitrogens with zero attached hydrogens (tertiary/aromatic N) is 1. The number of primary amides is 1. The molecule has 3 rings (SSSR count). The second-order valence-electron chi connectivity index (χ2n) is 5.82. The maximum absolute atomic E-state index is 11.2. The van der Waals surface area contributed by atoms with Crippen LogP contribution in [0.5, 0.6) is 0 Å². The molecule has 1 aliphatic carbocycles. The Bertz CT molecular complexity index is 464. The first-order chi connectivity index (χ1) is 9.25. The SMILES string of the molecule is NC(=O)C1CCN([C@@H]2CCCc3ccccc32)CC1. The van der Waals surface area contributed by atoms with E-state index in [-0.39, 0.29) is 11.8 Å². The number of fused-ring (bicyclic) bond motifs is 1. The van der Waals surface area contributed by atoms with Crippen molar-refractivity contribution in [3.05, 3.63) is 35.4 Å². The topological polar surface area (TPSA) is 46.3 Å². The van der Waals surface area contributed by atoms with Crippen LogP contribution in [0, 0.1) is 5.92 Å². The molecular formula is C16H22N2O. The van der Waals surface area contributed by atoms with E-state index in [1.807, 2.05) is 0 Å². The fraction of sp³-hybridized carbons (Fsp3) is 0.562. The van der Waals surface area contributed by atoms with Crippen molar-refractivity contribution in [1.82, 2.24) is 4.90 Å². The number of hydrogen-bond acceptors (Lipinski definition) is 2. The van der Waals surface area contributed by atoms with Crippen molar-refractivity contribution in [1.29, 1.82) is 0 Å². The van der Waals surface area contributed by atoms with E-state index < -0.39 is 0 Å². The molecule has 102 valence electrons. The lowest BCUT2D eigenvalue weighted by molar-refractivity contribution is -0.123. The molecule has 19 heavy (non-hydrogen) atoms. The number of piperidine rings is 1. The average molecular weight is 258 g/mol. The third kappa shape index (κ3) is 2.52. The molecule has 0 unspecified atom stereocenters. The molecule has 1 heterocycles. The summed E-state index contributed by atoms with van der Waals surface area (Å²) in [5.41, 5.74) is 8.43. The van der Waals surface area contributed by atoms with Crippen LogP contribution in [0.1, 0.15) is 42.9 Å². The first-order valence-electron chi connectivity index (χ1n) is 7.37. The quantitative estimate of drug-likeness (QED) is 0.884. The summed E-state index contributed by atoms with van der Waals surface area (Å²) >= 11 is 0. The van der Waals surface area contributed by atoms with Gasteiger partial charge in [-0.1, -0.05) is 24.3 Å². The van der Waals surface area contributed by atoms with Gasteiger partial charge in [0.25, 0.3) is 0 Å². The van der Waals surface area contributed by atoms with Crippen LogP contribution in [0.15, 0.2) is 24.3 Å². The molecule has 1 atom stereocenters. The van der Waals surface area contributed by atoms with Crippen LogP contribution >= 0.6 is 0 Å². The number of nitrogens with two attached hydrogens (primary N) is 1. The highest BCUT2D eigenvalue weighted by atomic mass is 16.1. The Kier molecular flexibility index (Phi) is 3.56. The summed E-state index contributed by atoms with van der Waals surface area (Å²) in [6.45, 7) is 2.01. The van der Waals surface area contributed by atoms with Crippen LogP contribution in [-0.4, -0.2) is 23.9 Å². The third-order valence-corrected chi connectivity index (χ3v) is 4.71. The van der Waals surface area contributed by atoms with Crippen LogP contribution < -0.4 is 5.73 Å². The van der Waals surface area contributed by atoms with Crippen molar-refractivity contribution < 1.29 is 4.79 Å². The maximum Gasteiger partial charge on any atom is 0.220 e. The number of rotatable bonds is 2. The second kappa shape index (κ2) is 5.33. The van der Waals surface area contributed by atoms with Crippen LogP contribution in [0.3, 0.4) is 0 Å². The lowest BCUT2D eigenvalue weighted by atomic mass is 9.85. The molecule has 1 fully saturated rings. The molecule has 1 aromatic rings. The van der Waals surface area contributed by atoms with Crippen molar-refractivity contribution >= 4 is 5.91 Å². The molecule has 1 amide bonds. The molecule has 0 spiro atoms. The minimum atomic E-state index is -0.122. The van der Waals surface area contributed by atoms with Gasteiger partial charge < -0.3 is 5.73 Å². The van der Waals surface area contributed by atoms with Gasteiger partial charge in [-0.05, 0) is 56.3 Å². The minimum absolute atomic E-state index is 0.0927. The lowest BCUT2D eigenvalue weighted by Crippen LogP contribution is -2.41. The average Bonchev–Trinajstić information content (AvgIpc) is 2.47. The monoisotopic (exact) mass is 258 g/mol. The predicted octanol–water partition coefficient (Wildman–Crippen LogP) is 2.26. The van der Waals surface area contributed by atoms with E-state index in [4.69, 9.17) is 5.73 Å². The Morgan fingerprint density at radius 1 is 1.16 bits per heavy atom. The van der Waals surface area contributed by atoms with E-state index in [9.17, 15) is 4.79 Å². The molecular weight excluding hydrogens is 236 g/mol. The van der Waals surface area contributed by atoms with Crippen molar-refractivity contribution in [2.24, 2.45) is 11.7 Å². The maximum atomic E-state index is 11.2. The summed E-state index contributed by atoms with van der Waals surface area (Å²) in [4.78, 5) is 13.8. The number of carbonyl (C=O) groups excluding carboxylic acids is 1. The molecule has 2 aliphatic rings. The number of aryl methyl sites for hydroxylation is 1. The highest BCUT2D eigenvalue weighted by molar-refractivity contribution is 5.76. The number of carbonyl (C=O) groups is 1. The van der Waals surface area contributed by atoms with Gasteiger partial charge in [-0.3, -0.25) is 9.69 Å². The number of hydrogen-bond donors (Lipinski definition) is 1. The van der Waals surface area contributed by atoms with E-state index in [1.165, 1.54) is 30.4 Å². The van der Waals surface area contributed by atoms with Gasteiger partial charge in [-0.2, -0.15) is 0 Å². The number of likely N-dealkylation sites (tertiary alicyclic amines) is 1. The Labute approximate surface area is 114 Å². The Morgan fingerprint density at radius 3 is 2.63 bits per heavy atom. The molecule has 3 nitrogen and oxygen atoms in total. The molecule has 3 heteroatoms. The Balaban J connectivity index is 1.73. The van der Waals surface area contributed by atoms with Gasteiger partial charge in [0.1, 0.15) is 0 Å². The summed E-state index contributed by atoms with van der Waals surface area (Å²) < 4.78 is 0. The lowest BCUT2D eigenvalue weighted by Gasteiger charge is -2.39. The predicted molar refractivity (Wildman–Crippen MR) is 75.6 cm³/mol. The molecule has 0 saturated carbocycles. The summed E-state index contributed by atoms with van der Waals surface area (Å²) in [6, 6.07) is 9.38. The fourth-order valence-corrected chi connectivity index (χ4v) is 3.60. The largest absolute Gasteiger partial charge is 0.369 e. The zero-order valence-corrected chi connectivity index (χ0v) is 11.3. The molecule has 0 bridgehead atoms. The first kappa shape index (κ1) is 12.7. The van der Waals surface area contributed by atoms with Gasteiger partial charge in [-0.15, -0.1) is 0 Å². The molecule has 1 aromatic carbocycles. The summed E-state index contributed by atoms with van der Waals surface area (Å²) in [7, 11) is 0. The highest BCUT2D eigenvalue weighted by Crippen LogP contribution is 2.36. The second-order valence-corrected chi connectivity index (χ2v) is 5.82. The fourth-order valence-electron chi connectivity index (χ4n) is 3.60. The van der Waals surface area contributed by atoms with Crippen molar-refractivity contribution in [3.8, 4) is 0 Å². The number of amides is 1. The van der Waals surface area contributed by atoms with Gasteiger partial charge in [0, 0.05) is 12.0 Å². The van der Waals surface area contributed by atoms with E-state index >= 15 is 0 Å². The van der Waals surface area contributed by atoms with Crippen molar-refractivity contribution in [3.63, 3.8) is 0 Å². The number of benzene rings is 1. The van der Waals surface area contributed by atoms with Crippen LogP contribution in [0.4, 0.5) is 0 Å². The molecule has 0 radical (unpaired) electrons. The molecule has 2 N–H and O–H groups in total. The van der Waals surface area contributed by atoms with E-state index in [0.717, 1.165) is 25.9 Å². The normalized spacial score (nSPS) is 24.9. The Morgan fingerprint density at radius 2 is 1.89 bits per heavy atom. The van der Waals surface area contributed by atoms with Gasteiger partial charge >= 0.3 is 0 Å². The standard InChI is InChI=1S/C16H22N2O/c17-16(19)13-8-10-18(11-9-13)15-7-3-5-12-4-1-2-6-14(12)15/h1-2,4,6,13,15H,3,5,7-11H2,(H2,17,19)/t15-/m1/s1. The van der Waals surface area contributed by atoms with E-state index in [0.29, 0.717) is 6.04 Å². The van der Waals surface area contributed by atoms with E-state index in [1.54, 1.807) is 0 Å². The third-order valence-electron chi connectivity index (χ3n) is 4.71. The minimum Gasteiger partial charge on any atom is -0.369 e. The van der Waals surface area contributed by atoms with Crippen LogP contribution in [0.25, 0.3) is 0 Å². The molecule has 1 aliphatic heterocycles. The molecule has 1 saturated heterocycles. The first-order valence-corrected chi connectivity index (χ1v) is 7.37. The van der Waals surface area contributed by atoms with E-state index in [2.05, 4.69) is 29.2 Å². The zero-order valence-electron chi connectivity index (χ0n) is 11.3. The van der Waals surface area contributed by atoms with Gasteiger partial charge in [-0.25, -0.2) is 0 Å². The highest BCUT2D eigenvalue weighted by Gasteiger charge is 2.30. The van der Waals surface area contributed by atoms with Gasteiger partial charge in [0.2, 0.25) is 5.91 Å². The van der Waals surface area contributed by atoms with Gasteiger partial charge in [0.05, 0.1) is 0 Å². The molecule has 0 aromatic heterocycles. The summed E-state index contributed by atoms with van der Waals surface area (Å²) in [5, 5.41) is 0. The van der Waals surface area contributed by atoms with Crippen LogP contribution in [0.2, 0.25) is 0 Å².